The highest BCUT2D eigenvalue weighted by Crippen LogP contribution is 2.27. The van der Waals surface area contributed by atoms with E-state index in [0.717, 1.165) is 0 Å². The Morgan fingerprint density at radius 3 is 2.67 bits per heavy atom. The fourth-order valence-corrected chi connectivity index (χ4v) is 2.21. The van der Waals surface area contributed by atoms with Crippen molar-refractivity contribution in [3.05, 3.63) is 41.2 Å². The number of rotatable bonds is 5. The van der Waals surface area contributed by atoms with E-state index in [4.69, 9.17) is 0 Å². The van der Waals surface area contributed by atoms with Crippen molar-refractivity contribution in [2.24, 2.45) is 0 Å². The van der Waals surface area contributed by atoms with Crippen LogP contribution in [0.2, 0.25) is 0 Å². The third-order valence-corrected chi connectivity index (χ3v) is 3.01. The highest BCUT2D eigenvalue weighted by Gasteiger charge is 2.22. The Labute approximate surface area is 119 Å². The molecule has 1 heterocycles. The van der Waals surface area contributed by atoms with Gasteiger partial charge in [0, 0.05) is 0 Å². The molecule has 0 aliphatic carbocycles. The molecule has 7 heteroatoms. The second-order valence-electron chi connectivity index (χ2n) is 4.32. The number of hydrogen-bond donors (Lipinski definition) is 1. The lowest BCUT2D eigenvalue weighted by Gasteiger charge is -2.12. The Kier molecular flexibility index (Phi) is 4.21. The standard InChI is InChI=1S/C14H14F2N2O3/c1-3-9-12(13(19)20)8(2)17-18(9)10-6-4-5-7-11(10)21-14(15)16/h4-7,14H,3H2,1-2H3,(H,19,20). The van der Waals surface area contributed by atoms with Crippen LogP contribution < -0.4 is 4.74 Å². The average molecular weight is 296 g/mol. The van der Waals surface area contributed by atoms with Crippen LogP contribution in [0.15, 0.2) is 24.3 Å². The summed E-state index contributed by atoms with van der Waals surface area (Å²) in [5.41, 5.74) is 1.13. The Morgan fingerprint density at radius 2 is 2.10 bits per heavy atom. The maximum absolute atomic E-state index is 12.5. The number of aromatic carboxylic acids is 1. The maximum Gasteiger partial charge on any atom is 0.387 e. The zero-order chi connectivity index (χ0) is 15.6. The van der Waals surface area contributed by atoms with Gasteiger partial charge in [0.1, 0.15) is 11.3 Å². The van der Waals surface area contributed by atoms with E-state index in [2.05, 4.69) is 9.84 Å². The zero-order valence-corrected chi connectivity index (χ0v) is 11.5. The fraction of sp³-hybridized carbons (Fsp3) is 0.286. The molecule has 112 valence electrons. The molecule has 0 aliphatic heterocycles. The van der Waals surface area contributed by atoms with E-state index < -0.39 is 12.6 Å². The van der Waals surface area contributed by atoms with E-state index in [0.29, 0.717) is 17.8 Å². The van der Waals surface area contributed by atoms with Gasteiger partial charge in [-0.15, -0.1) is 0 Å². The summed E-state index contributed by atoms with van der Waals surface area (Å²) in [6, 6.07) is 6.14. The fourth-order valence-electron chi connectivity index (χ4n) is 2.21. The lowest BCUT2D eigenvalue weighted by atomic mass is 10.1. The number of alkyl halides is 2. The molecule has 0 saturated heterocycles. The van der Waals surface area contributed by atoms with E-state index in [-0.39, 0.29) is 17.0 Å². The summed E-state index contributed by atoms with van der Waals surface area (Å²) in [5, 5.41) is 13.4. The van der Waals surface area contributed by atoms with Gasteiger partial charge in [-0.05, 0) is 25.5 Å². The molecule has 0 fully saturated rings. The van der Waals surface area contributed by atoms with Crippen LogP contribution in [0.5, 0.6) is 5.75 Å². The van der Waals surface area contributed by atoms with Crippen LogP contribution in [0, 0.1) is 6.92 Å². The van der Waals surface area contributed by atoms with Crippen LogP contribution in [-0.2, 0) is 6.42 Å². The Bertz CT molecular complexity index is 668. The number of aryl methyl sites for hydroxylation is 1. The molecule has 0 unspecified atom stereocenters. The molecule has 0 bridgehead atoms. The van der Waals surface area contributed by atoms with Crippen molar-refractivity contribution < 1.29 is 23.4 Å². The first-order valence-electron chi connectivity index (χ1n) is 6.31. The number of carboxylic acid groups (broad SMARTS) is 1. The molecular weight excluding hydrogens is 282 g/mol. The molecule has 0 spiro atoms. The smallest absolute Gasteiger partial charge is 0.387 e. The molecule has 5 nitrogen and oxygen atoms in total. The number of hydrogen-bond acceptors (Lipinski definition) is 3. The van der Waals surface area contributed by atoms with Crippen molar-refractivity contribution in [1.29, 1.82) is 0 Å². The van der Waals surface area contributed by atoms with Gasteiger partial charge in [-0.2, -0.15) is 13.9 Å². The van der Waals surface area contributed by atoms with Crippen LogP contribution in [0.4, 0.5) is 8.78 Å². The number of benzene rings is 1. The summed E-state index contributed by atoms with van der Waals surface area (Å²) in [4.78, 5) is 11.3. The number of carboxylic acids is 1. The van der Waals surface area contributed by atoms with Crippen LogP contribution in [0.1, 0.15) is 28.7 Å². The number of carbonyl (C=O) groups is 1. The number of ether oxygens (including phenoxy) is 1. The quantitative estimate of drug-likeness (QED) is 0.921. The van der Waals surface area contributed by atoms with E-state index in [1.54, 1.807) is 32.0 Å². The third-order valence-electron chi connectivity index (χ3n) is 3.01. The SMILES string of the molecule is CCc1c(C(=O)O)c(C)nn1-c1ccccc1OC(F)F. The van der Waals surface area contributed by atoms with E-state index in [1.807, 2.05) is 0 Å². The first-order chi connectivity index (χ1) is 9.95. The predicted molar refractivity (Wildman–Crippen MR) is 71.3 cm³/mol. The number of para-hydroxylation sites is 2. The second-order valence-corrected chi connectivity index (χ2v) is 4.32. The molecule has 0 saturated carbocycles. The molecule has 2 aromatic rings. The first kappa shape index (κ1) is 15.0. The molecule has 21 heavy (non-hydrogen) atoms. The molecule has 0 aliphatic rings. The van der Waals surface area contributed by atoms with Gasteiger partial charge in [0.15, 0.2) is 5.75 Å². The summed E-state index contributed by atoms with van der Waals surface area (Å²) < 4.78 is 30.7. The molecule has 0 radical (unpaired) electrons. The topological polar surface area (TPSA) is 64.3 Å². The molecule has 0 atom stereocenters. The minimum Gasteiger partial charge on any atom is -0.478 e. The highest BCUT2D eigenvalue weighted by atomic mass is 19.3. The average Bonchev–Trinajstić information content (AvgIpc) is 2.75. The third kappa shape index (κ3) is 2.86. The molecule has 1 aromatic heterocycles. The highest BCUT2D eigenvalue weighted by molar-refractivity contribution is 5.90. The number of aromatic nitrogens is 2. The van der Waals surface area contributed by atoms with E-state index in [9.17, 15) is 18.7 Å². The van der Waals surface area contributed by atoms with E-state index in [1.165, 1.54) is 10.7 Å². The van der Waals surface area contributed by atoms with Gasteiger partial charge in [0.05, 0.1) is 11.4 Å². The molecular formula is C14H14F2N2O3. The van der Waals surface area contributed by atoms with Crippen molar-refractivity contribution in [3.63, 3.8) is 0 Å². The van der Waals surface area contributed by atoms with Crippen molar-refractivity contribution in [3.8, 4) is 11.4 Å². The minimum atomic E-state index is -2.97. The summed E-state index contributed by atoms with van der Waals surface area (Å²) in [5.74, 6) is -1.15. The van der Waals surface area contributed by atoms with Crippen molar-refractivity contribution in [2.45, 2.75) is 26.9 Å². The van der Waals surface area contributed by atoms with Crippen molar-refractivity contribution in [2.75, 3.05) is 0 Å². The normalized spacial score (nSPS) is 10.9. The molecule has 1 aromatic carbocycles. The van der Waals surface area contributed by atoms with Crippen molar-refractivity contribution >= 4 is 5.97 Å². The van der Waals surface area contributed by atoms with Crippen LogP contribution in [-0.4, -0.2) is 27.5 Å². The zero-order valence-electron chi connectivity index (χ0n) is 11.5. The minimum absolute atomic E-state index is 0.0540. The van der Waals surface area contributed by atoms with Crippen LogP contribution >= 0.6 is 0 Å². The summed E-state index contributed by atoms with van der Waals surface area (Å²) in [6.07, 6.45) is 0.394. The Morgan fingerprint density at radius 1 is 1.43 bits per heavy atom. The number of nitrogens with zero attached hydrogens (tertiary/aromatic N) is 2. The van der Waals surface area contributed by atoms with Gasteiger partial charge in [-0.3, -0.25) is 0 Å². The van der Waals surface area contributed by atoms with Gasteiger partial charge in [-0.1, -0.05) is 19.1 Å². The molecule has 2 rings (SSSR count). The summed E-state index contributed by atoms with van der Waals surface area (Å²) in [6.45, 7) is 0.373. The van der Waals surface area contributed by atoms with Gasteiger partial charge >= 0.3 is 12.6 Å². The predicted octanol–water partition coefficient (Wildman–Crippen LogP) is 3.04. The number of halogens is 2. The van der Waals surface area contributed by atoms with Crippen molar-refractivity contribution in [1.82, 2.24) is 9.78 Å². The van der Waals surface area contributed by atoms with E-state index >= 15 is 0 Å². The lowest BCUT2D eigenvalue weighted by Crippen LogP contribution is -2.09. The molecule has 1 N–H and O–H groups in total. The largest absolute Gasteiger partial charge is 0.478 e. The summed E-state index contributed by atoms with van der Waals surface area (Å²) >= 11 is 0. The monoisotopic (exact) mass is 296 g/mol. The summed E-state index contributed by atoms with van der Waals surface area (Å²) in [7, 11) is 0. The van der Waals surface area contributed by atoms with Gasteiger partial charge < -0.3 is 9.84 Å². The Hall–Kier alpha value is -2.44. The maximum atomic E-state index is 12.5. The molecule has 0 amide bonds. The van der Waals surface area contributed by atoms with Crippen LogP contribution in [0.25, 0.3) is 5.69 Å². The Balaban J connectivity index is 2.62. The van der Waals surface area contributed by atoms with Gasteiger partial charge in [0.25, 0.3) is 0 Å². The lowest BCUT2D eigenvalue weighted by molar-refractivity contribution is -0.0499. The second kappa shape index (κ2) is 5.90. The van der Waals surface area contributed by atoms with Gasteiger partial charge in [0.2, 0.25) is 0 Å². The van der Waals surface area contributed by atoms with Crippen LogP contribution in [0.3, 0.4) is 0 Å². The first-order valence-corrected chi connectivity index (χ1v) is 6.31. The van der Waals surface area contributed by atoms with Gasteiger partial charge in [-0.25, -0.2) is 9.48 Å².